The molecule has 2 N–H and O–H groups in total. The van der Waals surface area contributed by atoms with Crippen LogP contribution in [0.5, 0.6) is 5.75 Å². The number of carboxylic acid groups (broad SMARTS) is 1. The number of aromatic carboxylic acids is 1. The molecule has 0 aromatic heterocycles. The van der Waals surface area contributed by atoms with Gasteiger partial charge in [0.1, 0.15) is 0 Å². The van der Waals surface area contributed by atoms with Crippen molar-refractivity contribution in [1.82, 2.24) is 0 Å². The van der Waals surface area contributed by atoms with Crippen LogP contribution in [0.3, 0.4) is 0 Å². The number of carbonyl (C=O) groups is 1. The second-order valence-corrected chi connectivity index (χ2v) is 4.56. The van der Waals surface area contributed by atoms with Crippen molar-refractivity contribution in [3.8, 4) is 11.8 Å². The quantitative estimate of drug-likeness (QED) is 0.387. The predicted octanol–water partition coefficient (Wildman–Crippen LogP) is 3.06. The molecule has 0 atom stereocenters. The molecule has 0 radical (unpaired) electrons. The number of allylic oxidation sites excluding steroid dienone is 1. The molecule has 2 aromatic carbocycles. The van der Waals surface area contributed by atoms with Crippen LogP contribution in [0.2, 0.25) is 0 Å². The summed E-state index contributed by atoms with van der Waals surface area (Å²) < 4.78 is 0. The maximum absolute atomic E-state index is 10.8. The van der Waals surface area contributed by atoms with E-state index in [0.717, 1.165) is 6.07 Å². The summed E-state index contributed by atoms with van der Waals surface area (Å²) in [6.07, 6.45) is 1.42. The van der Waals surface area contributed by atoms with Crippen LogP contribution >= 0.6 is 0 Å². The minimum Gasteiger partial charge on any atom is -0.502 e. The van der Waals surface area contributed by atoms with Crippen molar-refractivity contribution < 1.29 is 19.9 Å². The number of benzene rings is 2. The van der Waals surface area contributed by atoms with E-state index < -0.39 is 22.3 Å². The molecule has 0 aliphatic carbocycles. The van der Waals surface area contributed by atoms with Crippen molar-refractivity contribution in [2.24, 2.45) is 0 Å². The zero-order valence-corrected chi connectivity index (χ0v) is 11.6. The number of nitrogens with zero attached hydrogens (tertiary/aromatic N) is 2. The SMILES string of the molecule is N#C/C(=C/c1ccc(O)c([N+](=O)[O-])c1)c1ccc(C(=O)O)cc1. The number of nitro benzene ring substituents is 1. The van der Waals surface area contributed by atoms with Gasteiger partial charge >= 0.3 is 11.7 Å². The van der Waals surface area contributed by atoms with E-state index in [2.05, 4.69) is 0 Å². The Hall–Kier alpha value is -3.66. The van der Waals surface area contributed by atoms with Crippen molar-refractivity contribution in [2.75, 3.05) is 0 Å². The molecule has 0 saturated heterocycles. The number of phenolic OH excluding ortho intramolecular Hbond substituents is 1. The number of hydrogen-bond donors (Lipinski definition) is 2. The molecular weight excluding hydrogens is 300 g/mol. The predicted molar refractivity (Wildman–Crippen MR) is 81.6 cm³/mol. The molecule has 0 heterocycles. The van der Waals surface area contributed by atoms with E-state index in [0.29, 0.717) is 11.1 Å². The van der Waals surface area contributed by atoms with Crippen molar-refractivity contribution in [3.05, 3.63) is 69.3 Å². The van der Waals surface area contributed by atoms with Gasteiger partial charge in [0.2, 0.25) is 0 Å². The van der Waals surface area contributed by atoms with E-state index in [1.54, 1.807) is 0 Å². The van der Waals surface area contributed by atoms with Crippen LogP contribution in [0, 0.1) is 21.4 Å². The average molecular weight is 310 g/mol. The summed E-state index contributed by atoms with van der Waals surface area (Å²) in [6.45, 7) is 0. The van der Waals surface area contributed by atoms with E-state index in [1.165, 1.54) is 42.5 Å². The molecular formula is C16H10N2O5. The average Bonchev–Trinajstić information content (AvgIpc) is 2.54. The third-order valence-electron chi connectivity index (χ3n) is 3.07. The standard InChI is InChI=1S/C16H10N2O5/c17-9-13(11-2-4-12(5-3-11)16(20)21)7-10-1-6-15(19)14(8-10)18(22)23/h1-8,19H,(H,20,21)/b13-7-. The van der Waals surface area contributed by atoms with Gasteiger partial charge in [-0.15, -0.1) is 0 Å². The van der Waals surface area contributed by atoms with Crippen LogP contribution in [0.25, 0.3) is 11.6 Å². The molecule has 0 aliphatic rings. The van der Waals surface area contributed by atoms with Crippen molar-refractivity contribution in [1.29, 1.82) is 5.26 Å². The fourth-order valence-corrected chi connectivity index (χ4v) is 1.92. The van der Waals surface area contributed by atoms with Gasteiger partial charge in [-0.1, -0.05) is 18.2 Å². The van der Waals surface area contributed by atoms with Crippen LogP contribution in [0.15, 0.2) is 42.5 Å². The molecule has 0 bridgehead atoms. The highest BCUT2D eigenvalue weighted by Crippen LogP contribution is 2.28. The van der Waals surface area contributed by atoms with Gasteiger partial charge in [-0.3, -0.25) is 10.1 Å². The van der Waals surface area contributed by atoms with Crippen LogP contribution in [0.4, 0.5) is 5.69 Å². The van der Waals surface area contributed by atoms with Gasteiger partial charge < -0.3 is 10.2 Å². The molecule has 2 rings (SSSR count). The molecule has 0 amide bonds. The van der Waals surface area contributed by atoms with Crippen molar-refractivity contribution in [3.63, 3.8) is 0 Å². The Kier molecular flexibility index (Phi) is 4.38. The van der Waals surface area contributed by atoms with Gasteiger partial charge in [0.15, 0.2) is 5.75 Å². The van der Waals surface area contributed by atoms with Gasteiger partial charge in [0.05, 0.1) is 22.1 Å². The largest absolute Gasteiger partial charge is 0.502 e. The third kappa shape index (κ3) is 3.51. The smallest absolute Gasteiger partial charge is 0.335 e. The normalized spacial score (nSPS) is 10.8. The Balaban J connectivity index is 2.43. The lowest BCUT2D eigenvalue weighted by Crippen LogP contribution is -1.95. The number of nitro groups is 1. The summed E-state index contributed by atoms with van der Waals surface area (Å²) in [6, 6.07) is 11.4. The second kappa shape index (κ2) is 6.41. The lowest BCUT2D eigenvalue weighted by molar-refractivity contribution is -0.385. The summed E-state index contributed by atoms with van der Waals surface area (Å²) in [4.78, 5) is 20.9. The first-order chi connectivity index (χ1) is 10.9. The van der Waals surface area contributed by atoms with Gasteiger partial charge in [0, 0.05) is 6.07 Å². The lowest BCUT2D eigenvalue weighted by atomic mass is 10.0. The number of nitriles is 1. The summed E-state index contributed by atoms with van der Waals surface area (Å²) in [7, 11) is 0. The van der Waals surface area contributed by atoms with Crippen LogP contribution < -0.4 is 0 Å². The number of hydrogen-bond acceptors (Lipinski definition) is 5. The zero-order chi connectivity index (χ0) is 17.0. The zero-order valence-electron chi connectivity index (χ0n) is 11.6. The van der Waals surface area contributed by atoms with Gasteiger partial charge in [-0.25, -0.2) is 4.79 Å². The molecule has 0 saturated carbocycles. The minimum absolute atomic E-state index is 0.0892. The van der Waals surface area contributed by atoms with E-state index in [-0.39, 0.29) is 11.1 Å². The van der Waals surface area contributed by atoms with E-state index in [9.17, 15) is 25.3 Å². The van der Waals surface area contributed by atoms with Crippen molar-refractivity contribution >= 4 is 23.3 Å². The highest BCUT2D eigenvalue weighted by Gasteiger charge is 2.13. The van der Waals surface area contributed by atoms with E-state index in [1.807, 2.05) is 6.07 Å². The first-order valence-electron chi connectivity index (χ1n) is 6.35. The highest BCUT2D eigenvalue weighted by atomic mass is 16.6. The molecule has 7 nitrogen and oxygen atoms in total. The molecule has 0 fully saturated rings. The lowest BCUT2D eigenvalue weighted by Gasteiger charge is -2.02. The second-order valence-electron chi connectivity index (χ2n) is 4.56. The maximum Gasteiger partial charge on any atom is 0.335 e. The Morgan fingerprint density at radius 1 is 1.17 bits per heavy atom. The number of aromatic hydroxyl groups is 1. The van der Waals surface area contributed by atoms with Gasteiger partial charge in [-0.05, 0) is 35.4 Å². The summed E-state index contributed by atoms with van der Waals surface area (Å²) >= 11 is 0. The number of rotatable bonds is 4. The third-order valence-corrected chi connectivity index (χ3v) is 3.07. The monoisotopic (exact) mass is 310 g/mol. The Bertz CT molecular complexity index is 848. The molecule has 7 heteroatoms. The molecule has 23 heavy (non-hydrogen) atoms. The Morgan fingerprint density at radius 3 is 2.30 bits per heavy atom. The Labute approximate surface area is 130 Å². The van der Waals surface area contributed by atoms with Crippen LogP contribution in [0.1, 0.15) is 21.5 Å². The maximum atomic E-state index is 10.8. The molecule has 0 spiro atoms. The highest BCUT2D eigenvalue weighted by molar-refractivity contribution is 5.92. The minimum atomic E-state index is -1.08. The Morgan fingerprint density at radius 2 is 1.78 bits per heavy atom. The molecule has 0 aliphatic heterocycles. The number of carboxylic acids is 1. The van der Waals surface area contributed by atoms with Crippen molar-refractivity contribution in [2.45, 2.75) is 0 Å². The first kappa shape index (κ1) is 15.7. The first-order valence-corrected chi connectivity index (χ1v) is 6.35. The topological polar surface area (TPSA) is 124 Å². The van der Waals surface area contributed by atoms with Crippen LogP contribution in [-0.2, 0) is 0 Å². The van der Waals surface area contributed by atoms with E-state index in [4.69, 9.17) is 5.11 Å². The summed E-state index contributed by atoms with van der Waals surface area (Å²) in [5.74, 6) is -1.54. The fraction of sp³-hybridized carbons (Fsp3) is 0. The summed E-state index contributed by atoms with van der Waals surface area (Å²) in [5.41, 5.74) is 0.687. The van der Waals surface area contributed by atoms with E-state index >= 15 is 0 Å². The van der Waals surface area contributed by atoms with Gasteiger partial charge in [-0.2, -0.15) is 5.26 Å². The molecule has 2 aromatic rings. The molecule has 114 valence electrons. The summed E-state index contributed by atoms with van der Waals surface area (Å²) in [5, 5.41) is 38.3. The van der Waals surface area contributed by atoms with Gasteiger partial charge in [0.25, 0.3) is 0 Å². The van der Waals surface area contributed by atoms with Crippen LogP contribution in [-0.4, -0.2) is 21.1 Å². The fourth-order valence-electron chi connectivity index (χ4n) is 1.92. The molecule has 0 unspecified atom stereocenters. The number of phenols is 1.